The van der Waals surface area contributed by atoms with E-state index in [1.54, 1.807) is 4.90 Å². The predicted octanol–water partition coefficient (Wildman–Crippen LogP) is 0.732. The van der Waals surface area contributed by atoms with Crippen LogP contribution in [0, 0.1) is 0 Å². The van der Waals surface area contributed by atoms with Gasteiger partial charge in [-0.15, -0.1) is 11.6 Å². The topological polar surface area (TPSA) is 40.5 Å². The van der Waals surface area contributed by atoms with E-state index in [4.69, 9.17) is 16.7 Å². The van der Waals surface area contributed by atoms with Crippen LogP contribution in [0.15, 0.2) is 0 Å². The first-order valence-electron chi connectivity index (χ1n) is 3.28. The largest absolute Gasteiger partial charge is 0.480 e. The molecule has 0 amide bonds. The van der Waals surface area contributed by atoms with Crippen molar-refractivity contribution in [1.29, 1.82) is 0 Å². The zero-order valence-corrected chi connectivity index (χ0v) is 6.34. The lowest BCUT2D eigenvalue weighted by molar-refractivity contribution is -0.141. The van der Waals surface area contributed by atoms with Crippen molar-refractivity contribution in [2.75, 3.05) is 12.5 Å². The summed E-state index contributed by atoms with van der Waals surface area (Å²) >= 11 is 5.51. The summed E-state index contributed by atoms with van der Waals surface area (Å²) in [4.78, 5) is 12.2. The Labute approximate surface area is 64.6 Å². The molecule has 0 aromatic rings. The number of carboxylic acids is 1. The van der Waals surface area contributed by atoms with Crippen LogP contribution in [0.25, 0.3) is 0 Å². The van der Waals surface area contributed by atoms with E-state index in [1.165, 1.54) is 0 Å². The minimum atomic E-state index is -0.752. The number of carbonyl (C=O) groups is 1. The summed E-state index contributed by atoms with van der Waals surface area (Å²) < 4.78 is 0. The van der Waals surface area contributed by atoms with E-state index < -0.39 is 5.97 Å². The van der Waals surface area contributed by atoms with Gasteiger partial charge in [-0.1, -0.05) is 0 Å². The molecule has 1 atom stereocenters. The summed E-state index contributed by atoms with van der Waals surface area (Å²) in [5.74, 6) is -0.752. The third kappa shape index (κ3) is 1.41. The molecule has 1 aliphatic rings. The SMILES string of the molecule is O=C(O)[C@@H]1CCCN1CCl. The Morgan fingerprint density at radius 3 is 2.90 bits per heavy atom. The van der Waals surface area contributed by atoms with Gasteiger partial charge < -0.3 is 5.11 Å². The van der Waals surface area contributed by atoms with E-state index in [1.807, 2.05) is 0 Å². The number of hydrogen-bond acceptors (Lipinski definition) is 2. The fourth-order valence-corrected chi connectivity index (χ4v) is 1.53. The van der Waals surface area contributed by atoms with Crippen LogP contribution in [0.5, 0.6) is 0 Å². The third-order valence-electron chi connectivity index (χ3n) is 1.80. The Morgan fingerprint density at radius 2 is 2.50 bits per heavy atom. The lowest BCUT2D eigenvalue weighted by Gasteiger charge is -2.16. The van der Waals surface area contributed by atoms with E-state index >= 15 is 0 Å². The maximum atomic E-state index is 10.5. The molecule has 0 bridgehead atoms. The van der Waals surface area contributed by atoms with Crippen LogP contribution in [0.3, 0.4) is 0 Å². The van der Waals surface area contributed by atoms with E-state index in [-0.39, 0.29) is 6.04 Å². The Morgan fingerprint density at radius 1 is 1.80 bits per heavy atom. The average Bonchev–Trinajstić information content (AvgIpc) is 2.33. The molecule has 0 aliphatic carbocycles. The van der Waals surface area contributed by atoms with Crippen molar-refractivity contribution >= 4 is 17.6 Å². The molecular formula is C6H10ClNO2. The highest BCUT2D eigenvalue weighted by atomic mass is 35.5. The second-order valence-electron chi connectivity index (χ2n) is 2.43. The number of likely N-dealkylation sites (tertiary alicyclic amines) is 1. The van der Waals surface area contributed by atoms with Gasteiger partial charge in [-0.3, -0.25) is 9.69 Å². The van der Waals surface area contributed by atoms with Crippen molar-refractivity contribution in [1.82, 2.24) is 4.90 Å². The zero-order valence-electron chi connectivity index (χ0n) is 5.59. The molecule has 4 heteroatoms. The summed E-state index contributed by atoms with van der Waals surface area (Å²) in [5.41, 5.74) is 0. The minimum Gasteiger partial charge on any atom is -0.480 e. The van der Waals surface area contributed by atoms with Crippen molar-refractivity contribution in [2.24, 2.45) is 0 Å². The summed E-state index contributed by atoms with van der Waals surface area (Å²) in [6.07, 6.45) is 1.69. The summed E-state index contributed by atoms with van der Waals surface area (Å²) in [6, 6.07) is -0.00532. The molecule has 0 radical (unpaired) electrons. The van der Waals surface area contributed by atoms with Crippen LogP contribution in [0.2, 0.25) is 0 Å². The first-order chi connectivity index (χ1) is 4.75. The van der Waals surface area contributed by atoms with E-state index in [0.29, 0.717) is 6.00 Å². The number of alkyl halides is 1. The monoisotopic (exact) mass is 163 g/mol. The average molecular weight is 164 g/mol. The van der Waals surface area contributed by atoms with Crippen molar-refractivity contribution in [3.05, 3.63) is 0 Å². The zero-order chi connectivity index (χ0) is 7.56. The second-order valence-corrected chi connectivity index (χ2v) is 2.67. The number of aliphatic carboxylic acids is 1. The van der Waals surface area contributed by atoms with E-state index in [2.05, 4.69) is 0 Å². The van der Waals surface area contributed by atoms with Crippen molar-refractivity contribution < 1.29 is 9.90 Å². The highest BCUT2D eigenvalue weighted by Gasteiger charge is 2.29. The molecule has 1 heterocycles. The van der Waals surface area contributed by atoms with Crippen LogP contribution < -0.4 is 0 Å². The fourth-order valence-electron chi connectivity index (χ4n) is 1.25. The molecule has 1 fully saturated rings. The first-order valence-corrected chi connectivity index (χ1v) is 3.82. The fraction of sp³-hybridized carbons (Fsp3) is 0.833. The van der Waals surface area contributed by atoms with Gasteiger partial charge in [0.2, 0.25) is 0 Å². The lowest BCUT2D eigenvalue weighted by Crippen LogP contribution is -2.34. The van der Waals surface area contributed by atoms with Crippen LogP contribution >= 0.6 is 11.6 Å². The van der Waals surface area contributed by atoms with Gasteiger partial charge in [-0.05, 0) is 12.8 Å². The normalized spacial score (nSPS) is 27.1. The van der Waals surface area contributed by atoms with Crippen molar-refractivity contribution in [2.45, 2.75) is 18.9 Å². The van der Waals surface area contributed by atoms with Gasteiger partial charge in [-0.25, -0.2) is 0 Å². The van der Waals surface area contributed by atoms with Gasteiger partial charge in [0, 0.05) is 6.54 Å². The Hall–Kier alpha value is -0.280. The summed E-state index contributed by atoms with van der Waals surface area (Å²) in [6.45, 7) is 0.820. The number of rotatable bonds is 2. The highest BCUT2D eigenvalue weighted by Crippen LogP contribution is 2.17. The van der Waals surface area contributed by atoms with Crippen LogP contribution in [-0.4, -0.2) is 34.6 Å². The van der Waals surface area contributed by atoms with Crippen molar-refractivity contribution in [3.8, 4) is 0 Å². The Kier molecular flexibility index (Phi) is 2.51. The van der Waals surface area contributed by atoms with E-state index in [0.717, 1.165) is 19.4 Å². The third-order valence-corrected chi connectivity index (χ3v) is 2.11. The molecule has 0 aromatic heterocycles. The second kappa shape index (κ2) is 3.21. The van der Waals surface area contributed by atoms with Crippen molar-refractivity contribution in [3.63, 3.8) is 0 Å². The highest BCUT2D eigenvalue weighted by molar-refractivity contribution is 6.17. The van der Waals surface area contributed by atoms with Gasteiger partial charge in [0.05, 0.1) is 6.00 Å². The Bertz CT molecular complexity index is 140. The van der Waals surface area contributed by atoms with Gasteiger partial charge in [-0.2, -0.15) is 0 Å². The molecule has 1 rings (SSSR count). The maximum absolute atomic E-state index is 10.5. The predicted molar refractivity (Wildman–Crippen MR) is 38.1 cm³/mol. The summed E-state index contributed by atoms with van der Waals surface area (Å²) in [7, 11) is 0. The first kappa shape index (κ1) is 7.82. The number of carboxylic acid groups (broad SMARTS) is 1. The van der Waals surface area contributed by atoms with Crippen LogP contribution in [0.4, 0.5) is 0 Å². The molecule has 58 valence electrons. The van der Waals surface area contributed by atoms with Gasteiger partial charge in [0.1, 0.15) is 6.04 Å². The minimum absolute atomic E-state index is 0.330. The molecule has 3 nitrogen and oxygen atoms in total. The maximum Gasteiger partial charge on any atom is 0.320 e. The smallest absolute Gasteiger partial charge is 0.320 e. The molecule has 10 heavy (non-hydrogen) atoms. The lowest BCUT2D eigenvalue weighted by atomic mass is 10.2. The quantitative estimate of drug-likeness (QED) is 0.482. The van der Waals surface area contributed by atoms with Gasteiger partial charge in [0.25, 0.3) is 0 Å². The molecule has 0 saturated carbocycles. The molecule has 0 aromatic carbocycles. The van der Waals surface area contributed by atoms with E-state index in [9.17, 15) is 4.79 Å². The molecule has 1 aliphatic heterocycles. The standard InChI is InChI=1S/C6H10ClNO2/c7-4-8-3-1-2-5(8)6(9)10/h5H,1-4H2,(H,9,10)/t5-/m0/s1. The molecule has 1 saturated heterocycles. The number of nitrogens with zero attached hydrogens (tertiary/aromatic N) is 1. The number of halogens is 1. The molecule has 0 unspecified atom stereocenters. The number of hydrogen-bond donors (Lipinski definition) is 1. The van der Waals surface area contributed by atoms with Gasteiger partial charge in [0.15, 0.2) is 0 Å². The molecular weight excluding hydrogens is 154 g/mol. The molecule has 0 spiro atoms. The van der Waals surface area contributed by atoms with Crippen LogP contribution in [0.1, 0.15) is 12.8 Å². The Balaban J connectivity index is 2.50. The molecule has 1 N–H and O–H groups in total. The van der Waals surface area contributed by atoms with Crippen LogP contribution in [-0.2, 0) is 4.79 Å². The van der Waals surface area contributed by atoms with Gasteiger partial charge >= 0.3 is 5.97 Å². The summed E-state index contributed by atoms with van der Waals surface area (Å²) in [5, 5.41) is 8.61.